The van der Waals surface area contributed by atoms with Crippen molar-refractivity contribution in [2.75, 3.05) is 17.5 Å². The third kappa shape index (κ3) is 10.0. The van der Waals surface area contributed by atoms with Gasteiger partial charge in [-0.25, -0.2) is 8.42 Å². The number of carbonyl (C=O) groups excluding carboxylic acids is 1. The Bertz CT molecular complexity index is 1430. The average Bonchev–Trinajstić information content (AvgIpc) is 2.82. The van der Waals surface area contributed by atoms with Crippen molar-refractivity contribution in [3.05, 3.63) is 93.0 Å². The number of aliphatic hydroxyl groups is 1. The summed E-state index contributed by atoms with van der Waals surface area (Å²) in [6, 6.07) is 17.2. The minimum absolute atomic E-state index is 0.00502. The molecule has 8 nitrogen and oxygen atoms in total. The summed E-state index contributed by atoms with van der Waals surface area (Å²) >= 11 is 12.1. The molecule has 0 unspecified atom stereocenters. The molecule has 0 aromatic heterocycles. The third-order valence-corrected chi connectivity index (χ3v) is 7.15. The van der Waals surface area contributed by atoms with E-state index in [0.29, 0.717) is 28.6 Å². The second-order valence-corrected chi connectivity index (χ2v) is 12.7. The number of anilines is 1. The fraction of sp³-hybridized carbons (Fsp3) is 0.321. The Labute approximate surface area is 239 Å². The van der Waals surface area contributed by atoms with Crippen LogP contribution in [0, 0.1) is 0 Å². The van der Waals surface area contributed by atoms with Crippen LogP contribution in [-0.4, -0.2) is 42.9 Å². The van der Waals surface area contributed by atoms with Gasteiger partial charge in [-0.2, -0.15) is 0 Å². The number of aromatic hydroxyl groups is 1. The number of sulfonamides is 1. The van der Waals surface area contributed by atoms with E-state index in [-0.39, 0.29) is 30.3 Å². The molecule has 210 valence electrons. The Kier molecular flexibility index (Phi) is 10.3. The molecule has 0 aliphatic heterocycles. The van der Waals surface area contributed by atoms with E-state index in [1.54, 1.807) is 18.2 Å². The number of benzene rings is 3. The first kappa shape index (κ1) is 30.7. The van der Waals surface area contributed by atoms with Crippen molar-refractivity contribution in [2.45, 2.75) is 44.9 Å². The van der Waals surface area contributed by atoms with Crippen LogP contribution in [0.5, 0.6) is 5.75 Å². The van der Waals surface area contributed by atoms with E-state index >= 15 is 0 Å². The molecule has 0 saturated heterocycles. The molecule has 1 atom stereocenters. The number of rotatable bonds is 12. The zero-order valence-electron chi connectivity index (χ0n) is 22.0. The van der Waals surface area contributed by atoms with E-state index < -0.39 is 21.7 Å². The second kappa shape index (κ2) is 13.0. The topological polar surface area (TPSA) is 128 Å². The highest BCUT2D eigenvalue weighted by Crippen LogP contribution is 2.28. The summed E-state index contributed by atoms with van der Waals surface area (Å²) in [4.78, 5) is 12.5. The van der Waals surface area contributed by atoms with Crippen molar-refractivity contribution < 1.29 is 23.4 Å². The summed E-state index contributed by atoms with van der Waals surface area (Å²) in [5.74, 6) is -0.357. The highest BCUT2D eigenvalue weighted by Gasteiger charge is 2.21. The predicted molar refractivity (Wildman–Crippen MR) is 156 cm³/mol. The van der Waals surface area contributed by atoms with Gasteiger partial charge in [-0.05, 0) is 66.8 Å². The standard InChI is InChI=1S/C28H33Cl2N3O5S/c1-28(2,32-17-26(35)20-8-10-25(34)24(13-20)33-39(3,37)38)15-19-6-4-5-18(11-19)12-27(36)31-16-21-7-9-22(29)14-23(21)30/h4-11,13-14,26,32-35H,12,15-17H2,1-3H3,(H,31,36)/t26-/m0/s1. The lowest BCUT2D eigenvalue weighted by Crippen LogP contribution is -2.43. The monoisotopic (exact) mass is 593 g/mol. The van der Waals surface area contributed by atoms with Crippen LogP contribution in [0.15, 0.2) is 60.7 Å². The lowest BCUT2D eigenvalue weighted by Gasteiger charge is -2.28. The second-order valence-electron chi connectivity index (χ2n) is 10.1. The largest absolute Gasteiger partial charge is 0.506 e. The van der Waals surface area contributed by atoms with Gasteiger partial charge in [0.05, 0.1) is 24.5 Å². The molecule has 3 aromatic rings. The summed E-state index contributed by atoms with van der Waals surface area (Å²) in [6.07, 6.45) is 0.898. The Hall–Kier alpha value is -2.82. The molecule has 3 aromatic carbocycles. The number of amides is 1. The molecule has 0 radical (unpaired) electrons. The minimum atomic E-state index is -3.58. The Balaban J connectivity index is 1.55. The van der Waals surface area contributed by atoms with Crippen LogP contribution >= 0.6 is 23.2 Å². The van der Waals surface area contributed by atoms with E-state index in [1.807, 2.05) is 38.1 Å². The van der Waals surface area contributed by atoms with Gasteiger partial charge >= 0.3 is 0 Å². The number of phenolic OH excluding ortho intramolecular Hbond substituents is 1. The van der Waals surface area contributed by atoms with Crippen molar-refractivity contribution in [3.8, 4) is 5.75 Å². The first-order valence-electron chi connectivity index (χ1n) is 12.2. The van der Waals surface area contributed by atoms with Gasteiger partial charge in [0.15, 0.2) is 0 Å². The molecule has 39 heavy (non-hydrogen) atoms. The molecular formula is C28H33Cl2N3O5S. The van der Waals surface area contributed by atoms with E-state index in [1.165, 1.54) is 18.2 Å². The number of nitrogens with one attached hydrogen (secondary N) is 3. The molecule has 11 heteroatoms. The molecular weight excluding hydrogens is 561 g/mol. The number of hydrogen-bond donors (Lipinski definition) is 5. The van der Waals surface area contributed by atoms with Crippen LogP contribution in [0.1, 0.15) is 42.2 Å². The minimum Gasteiger partial charge on any atom is -0.506 e. The molecule has 1 amide bonds. The van der Waals surface area contributed by atoms with Gasteiger partial charge in [-0.1, -0.05) is 59.6 Å². The van der Waals surface area contributed by atoms with E-state index in [2.05, 4.69) is 15.4 Å². The predicted octanol–water partition coefficient (Wildman–Crippen LogP) is 4.57. The van der Waals surface area contributed by atoms with E-state index in [9.17, 15) is 23.4 Å². The van der Waals surface area contributed by atoms with Gasteiger partial charge in [0, 0.05) is 28.7 Å². The average molecular weight is 595 g/mol. The number of phenols is 1. The van der Waals surface area contributed by atoms with Crippen LogP contribution in [0.2, 0.25) is 10.0 Å². The summed E-state index contributed by atoms with van der Waals surface area (Å²) in [5.41, 5.74) is 2.74. The molecule has 0 saturated carbocycles. The molecule has 0 heterocycles. The Morgan fingerprint density at radius 3 is 2.44 bits per heavy atom. The van der Waals surface area contributed by atoms with Gasteiger partial charge in [0.25, 0.3) is 0 Å². The number of carbonyl (C=O) groups is 1. The fourth-order valence-electron chi connectivity index (χ4n) is 4.06. The summed E-state index contributed by atoms with van der Waals surface area (Å²) in [6.45, 7) is 4.51. The number of halogens is 2. The lowest BCUT2D eigenvalue weighted by molar-refractivity contribution is -0.120. The smallest absolute Gasteiger partial charge is 0.229 e. The Morgan fingerprint density at radius 2 is 1.74 bits per heavy atom. The Morgan fingerprint density at radius 1 is 1.03 bits per heavy atom. The van der Waals surface area contributed by atoms with Gasteiger partial charge in [0.2, 0.25) is 15.9 Å². The van der Waals surface area contributed by atoms with Crippen molar-refractivity contribution in [1.29, 1.82) is 0 Å². The van der Waals surface area contributed by atoms with Crippen LogP contribution in [0.4, 0.5) is 5.69 Å². The summed E-state index contributed by atoms with van der Waals surface area (Å²) < 4.78 is 25.3. The quantitative estimate of drug-likeness (QED) is 0.196. The van der Waals surface area contributed by atoms with Crippen LogP contribution in [0.3, 0.4) is 0 Å². The van der Waals surface area contributed by atoms with Crippen molar-refractivity contribution in [1.82, 2.24) is 10.6 Å². The maximum Gasteiger partial charge on any atom is 0.229 e. The number of hydrogen-bond acceptors (Lipinski definition) is 6. The van der Waals surface area contributed by atoms with Crippen LogP contribution in [0.25, 0.3) is 0 Å². The number of aliphatic hydroxyl groups excluding tert-OH is 1. The highest BCUT2D eigenvalue weighted by molar-refractivity contribution is 7.92. The van der Waals surface area contributed by atoms with Crippen molar-refractivity contribution in [2.24, 2.45) is 0 Å². The maximum absolute atomic E-state index is 12.5. The van der Waals surface area contributed by atoms with Gasteiger partial charge in [-0.3, -0.25) is 9.52 Å². The van der Waals surface area contributed by atoms with Gasteiger partial charge in [-0.15, -0.1) is 0 Å². The SMILES string of the molecule is CC(C)(Cc1cccc(CC(=O)NCc2ccc(Cl)cc2Cl)c1)NC[C@H](O)c1ccc(O)c(NS(C)(=O)=O)c1. The first-order chi connectivity index (χ1) is 18.2. The molecule has 0 aliphatic rings. The summed E-state index contributed by atoms with van der Waals surface area (Å²) in [7, 11) is -3.58. The van der Waals surface area contributed by atoms with Crippen molar-refractivity contribution >= 4 is 44.8 Å². The highest BCUT2D eigenvalue weighted by atomic mass is 35.5. The van der Waals surface area contributed by atoms with Gasteiger partial charge in [0.1, 0.15) is 5.75 Å². The molecule has 0 aliphatic carbocycles. The third-order valence-electron chi connectivity index (χ3n) is 5.97. The normalized spacial score (nSPS) is 12.7. The van der Waals surface area contributed by atoms with E-state index in [0.717, 1.165) is 22.9 Å². The maximum atomic E-state index is 12.5. The molecule has 0 spiro atoms. The molecule has 5 N–H and O–H groups in total. The van der Waals surface area contributed by atoms with Crippen LogP contribution in [-0.2, 0) is 34.2 Å². The zero-order chi connectivity index (χ0) is 28.8. The molecule has 0 bridgehead atoms. The fourth-order valence-corrected chi connectivity index (χ4v) is 5.10. The lowest BCUT2D eigenvalue weighted by atomic mass is 9.93. The molecule has 3 rings (SSSR count). The zero-order valence-corrected chi connectivity index (χ0v) is 24.3. The van der Waals surface area contributed by atoms with Crippen molar-refractivity contribution in [3.63, 3.8) is 0 Å². The summed E-state index contributed by atoms with van der Waals surface area (Å²) in [5, 5.41) is 27.9. The molecule has 0 fully saturated rings. The first-order valence-corrected chi connectivity index (χ1v) is 14.9. The number of β-amino-alcohol motifs (C(OH)–C–C–N with tert-alkyl or cyclic N) is 1. The van der Waals surface area contributed by atoms with Gasteiger partial charge < -0.3 is 20.8 Å². The van der Waals surface area contributed by atoms with E-state index in [4.69, 9.17) is 23.2 Å². The van der Waals surface area contributed by atoms with Crippen LogP contribution < -0.4 is 15.4 Å².